The fraction of sp³-hybridized carbons (Fsp3) is 0.0476. The van der Waals surface area contributed by atoms with Crippen molar-refractivity contribution in [3.05, 3.63) is 155 Å². The van der Waals surface area contributed by atoms with E-state index in [2.05, 4.69) is 15.6 Å². The number of aliphatic hydroxyl groups excluding tert-OH is 1. The Morgan fingerprint density at radius 2 is 1.57 bits per heavy atom. The summed E-state index contributed by atoms with van der Waals surface area (Å²) in [6.07, 6.45) is 1.41. The van der Waals surface area contributed by atoms with E-state index in [9.17, 15) is 14.7 Å². The number of ether oxygens (including phenoxy) is 1. The average molecular weight is 721 g/mol. The van der Waals surface area contributed by atoms with Crippen molar-refractivity contribution in [2.45, 2.75) is 6.42 Å². The van der Waals surface area contributed by atoms with Gasteiger partial charge in [-0.15, -0.1) is 0 Å². The summed E-state index contributed by atoms with van der Waals surface area (Å²) in [5.74, 6) is 2.74. The number of hydrogen-bond donors (Lipinski definition) is 5. The lowest BCUT2D eigenvalue weighted by Gasteiger charge is -2.18. The monoisotopic (exact) mass is 720 g/mol. The number of benzene rings is 6. The molecule has 10 nitrogen and oxygen atoms in total. The van der Waals surface area contributed by atoms with Crippen LogP contribution in [0, 0.1) is 0 Å². The van der Waals surface area contributed by atoms with Crippen molar-refractivity contribution in [1.29, 1.82) is 0 Å². The van der Waals surface area contributed by atoms with Crippen LogP contribution in [-0.4, -0.2) is 38.7 Å². The Kier molecular flexibility index (Phi) is 9.93. The molecule has 0 amide bonds. The van der Waals surface area contributed by atoms with Gasteiger partial charge in [-0.05, 0) is 108 Å². The van der Waals surface area contributed by atoms with Crippen LogP contribution in [0.4, 0.5) is 11.4 Å². The summed E-state index contributed by atoms with van der Waals surface area (Å²) in [7, 11) is 1.00. The molecule has 262 valence electrons. The minimum Gasteiger partial charge on any atom is -0.508 e. The smallest absolute Gasteiger partial charge is 0.182 e. The molecule has 1 aliphatic carbocycles. The number of aromatic nitrogens is 2. The lowest BCUT2D eigenvalue weighted by Crippen LogP contribution is -2.19. The van der Waals surface area contributed by atoms with Crippen LogP contribution >= 0.6 is 12.2 Å². The number of aliphatic hydroxyl groups is 1. The van der Waals surface area contributed by atoms with Crippen LogP contribution in [0.15, 0.2) is 137 Å². The number of thiocarbonyl (C=S) groups is 1. The summed E-state index contributed by atoms with van der Waals surface area (Å²) in [5.41, 5.74) is 6.71. The quantitative estimate of drug-likeness (QED) is 0.0586. The lowest BCUT2D eigenvalue weighted by molar-refractivity contribution is 0.112. The Labute approximate surface area is 308 Å². The maximum Gasteiger partial charge on any atom is 0.182 e. The first-order chi connectivity index (χ1) is 25.9. The van der Waals surface area contributed by atoms with Gasteiger partial charge in [-0.2, -0.15) is 0 Å². The number of rotatable bonds is 8. The predicted molar refractivity (Wildman–Crippen MR) is 211 cm³/mol. The number of hydrogen-bond acceptors (Lipinski definition) is 8. The van der Waals surface area contributed by atoms with E-state index in [4.69, 9.17) is 31.5 Å². The number of aldehydes is 1. The van der Waals surface area contributed by atoms with E-state index >= 15 is 0 Å². The van der Waals surface area contributed by atoms with Crippen LogP contribution < -0.4 is 20.8 Å². The van der Waals surface area contributed by atoms with Crippen LogP contribution in [0.5, 0.6) is 17.2 Å². The number of phenols is 1. The van der Waals surface area contributed by atoms with Crippen molar-refractivity contribution in [3.63, 3.8) is 0 Å². The van der Waals surface area contributed by atoms with E-state index in [0.29, 0.717) is 56.2 Å². The molecule has 0 spiro atoms. The van der Waals surface area contributed by atoms with Crippen LogP contribution in [0.2, 0.25) is 0 Å². The maximum absolute atomic E-state index is 12.3. The molecular formula is C42H32N4O6S. The van der Waals surface area contributed by atoms with Crippen molar-refractivity contribution >= 4 is 57.0 Å². The van der Waals surface area contributed by atoms with Gasteiger partial charge in [0.05, 0.1) is 11.0 Å². The summed E-state index contributed by atoms with van der Waals surface area (Å²) in [6, 6.07) is 38.0. The zero-order valence-electron chi connectivity index (χ0n) is 28.3. The van der Waals surface area contributed by atoms with Gasteiger partial charge in [-0.1, -0.05) is 30.3 Å². The van der Waals surface area contributed by atoms with Gasteiger partial charge >= 0.3 is 0 Å². The van der Waals surface area contributed by atoms with Crippen LogP contribution in [0.25, 0.3) is 44.5 Å². The molecule has 0 atom stereocenters. The fourth-order valence-electron chi connectivity index (χ4n) is 6.11. The molecule has 0 radical (unpaired) electrons. The molecule has 5 N–H and O–H groups in total. The summed E-state index contributed by atoms with van der Waals surface area (Å²) in [5, 5.41) is 24.6. The molecular weight excluding hydrogens is 689 g/mol. The summed E-state index contributed by atoms with van der Waals surface area (Å²) >= 11 is 5.68. The number of aromatic amines is 1. The number of imidazole rings is 1. The molecule has 1 aliphatic heterocycles. The SMILES string of the molecule is CO.O=Cc1ccc(NC(=S)Nc2ccc3[nH]c(Cc4ccc(Oc5ccccc5)cc4)nc3c2)cc1-c1c2ccc(=O)cc-2oc2cc(O)ccc12. The molecule has 0 unspecified atom stereocenters. The first kappa shape index (κ1) is 34.6. The Balaban J connectivity index is 0.00000214. The second kappa shape index (κ2) is 15.2. The molecule has 2 aliphatic rings. The molecule has 5 aromatic carbocycles. The maximum atomic E-state index is 12.3. The molecule has 8 rings (SSSR count). The number of H-pyrrole nitrogens is 1. The summed E-state index contributed by atoms with van der Waals surface area (Å²) < 4.78 is 11.9. The molecule has 0 saturated heterocycles. The standard InChI is InChI=1S/C41H28N4O5S.CH4O/c46-23-25-8-9-26(19-34(25)40-32-15-11-28(47)21-37(32)50-38-22-29(48)12-16-33(38)40)42-41(51)43-27-10-17-35-36(20-27)45-39(44-35)18-24-6-13-31(14-7-24)49-30-4-2-1-3-5-30;1-2/h1-17,19-23,47H,18H2,(H,44,45)(H2,42,43,51);2H,1H3. The first-order valence-electron chi connectivity index (χ1n) is 16.5. The Morgan fingerprint density at radius 3 is 2.34 bits per heavy atom. The summed E-state index contributed by atoms with van der Waals surface area (Å²) in [6.45, 7) is 0. The highest BCUT2D eigenvalue weighted by Gasteiger charge is 2.20. The number of anilines is 2. The predicted octanol–water partition coefficient (Wildman–Crippen LogP) is 8.76. The molecule has 2 heterocycles. The topological polar surface area (TPSA) is 150 Å². The van der Waals surface area contributed by atoms with Crippen LogP contribution in [0.3, 0.4) is 0 Å². The Hall–Kier alpha value is -6.82. The van der Waals surface area contributed by atoms with Gasteiger partial charge < -0.3 is 35.0 Å². The third-order valence-electron chi connectivity index (χ3n) is 8.45. The van der Waals surface area contributed by atoms with Gasteiger partial charge in [-0.25, -0.2) is 4.98 Å². The molecule has 0 fully saturated rings. The largest absolute Gasteiger partial charge is 0.508 e. The van der Waals surface area contributed by atoms with Crippen molar-refractivity contribution < 1.29 is 24.2 Å². The zero-order valence-corrected chi connectivity index (χ0v) is 29.1. The van der Waals surface area contributed by atoms with Gasteiger partial charge in [0.25, 0.3) is 0 Å². The second-order valence-electron chi connectivity index (χ2n) is 12.0. The Morgan fingerprint density at radius 1 is 0.830 bits per heavy atom. The normalized spacial score (nSPS) is 10.8. The van der Waals surface area contributed by atoms with Crippen LogP contribution in [0.1, 0.15) is 21.7 Å². The van der Waals surface area contributed by atoms with E-state index in [-0.39, 0.29) is 11.2 Å². The Bertz CT molecular complexity index is 2620. The van der Waals surface area contributed by atoms with Gasteiger partial charge in [0.15, 0.2) is 16.8 Å². The van der Waals surface area contributed by atoms with Gasteiger partial charge in [0.2, 0.25) is 0 Å². The zero-order chi connectivity index (χ0) is 36.9. The minimum atomic E-state index is -0.219. The van der Waals surface area contributed by atoms with E-state index in [1.807, 2.05) is 78.9 Å². The van der Waals surface area contributed by atoms with E-state index in [0.717, 1.165) is 53.0 Å². The molecule has 1 aromatic heterocycles. The first-order valence-corrected chi connectivity index (χ1v) is 16.9. The fourth-order valence-corrected chi connectivity index (χ4v) is 6.35. The molecule has 53 heavy (non-hydrogen) atoms. The number of nitrogens with one attached hydrogen (secondary N) is 3. The number of carbonyl (C=O) groups is 1. The average Bonchev–Trinajstić information content (AvgIpc) is 3.57. The highest BCUT2D eigenvalue weighted by molar-refractivity contribution is 7.80. The molecule has 6 aromatic rings. The number of fused-ring (bicyclic) bond motifs is 3. The van der Waals surface area contributed by atoms with Crippen molar-refractivity contribution in [1.82, 2.24) is 9.97 Å². The van der Waals surface area contributed by atoms with Gasteiger partial charge in [0, 0.05) is 59.1 Å². The minimum absolute atomic E-state index is 0.0153. The molecule has 11 heteroatoms. The van der Waals surface area contributed by atoms with Crippen molar-refractivity contribution in [2.24, 2.45) is 0 Å². The number of phenolic OH excluding ortho intramolecular Hbond substituents is 1. The highest BCUT2D eigenvalue weighted by atomic mass is 32.1. The van der Waals surface area contributed by atoms with E-state index in [1.165, 1.54) is 18.2 Å². The second-order valence-corrected chi connectivity index (χ2v) is 12.4. The molecule has 0 saturated carbocycles. The van der Waals surface area contributed by atoms with E-state index < -0.39 is 0 Å². The van der Waals surface area contributed by atoms with Crippen LogP contribution in [-0.2, 0) is 6.42 Å². The number of carbonyl (C=O) groups excluding carboxylic acids is 1. The summed E-state index contributed by atoms with van der Waals surface area (Å²) in [4.78, 5) is 32.6. The number of nitrogens with zero attached hydrogens (tertiary/aromatic N) is 1. The lowest BCUT2D eigenvalue weighted by atomic mass is 9.90. The highest BCUT2D eigenvalue weighted by Crippen LogP contribution is 2.42. The van der Waals surface area contributed by atoms with Crippen molar-refractivity contribution in [3.8, 4) is 39.7 Å². The van der Waals surface area contributed by atoms with Gasteiger partial charge in [0.1, 0.15) is 34.4 Å². The van der Waals surface area contributed by atoms with E-state index in [1.54, 1.807) is 30.3 Å². The molecule has 0 bridgehead atoms. The third-order valence-corrected chi connectivity index (χ3v) is 8.65. The number of para-hydroxylation sites is 1. The van der Waals surface area contributed by atoms with Crippen molar-refractivity contribution in [2.75, 3.05) is 17.7 Å². The third kappa shape index (κ3) is 7.61. The van der Waals surface area contributed by atoms with Gasteiger partial charge in [-0.3, -0.25) is 9.59 Å². The number of aromatic hydroxyl groups is 1.